The number of nitrogens with zero attached hydrogens (tertiary/aromatic N) is 1. The predicted octanol–water partition coefficient (Wildman–Crippen LogP) is 6.68. The van der Waals surface area contributed by atoms with Crippen LogP contribution in [0.1, 0.15) is 75.8 Å². The first kappa shape index (κ1) is 20.8. The Morgan fingerprint density at radius 2 is 1.57 bits per heavy atom. The van der Waals surface area contributed by atoms with Crippen LogP contribution in [0.25, 0.3) is 0 Å². The van der Waals surface area contributed by atoms with E-state index in [4.69, 9.17) is 10.00 Å². The van der Waals surface area contributed by atoms with Crippen molar-refractivity contribution >= 4 is 0 Å². The van der Waals surface area contributed by atoms with Crippen LogP contribution < -0.4 is 0 Å². The maximum absolute atomic E-state index is 13.8. The highest BCUT2D eigenvalue weighted by Crippen LogP contribution is 2.41. The molecular weight excluding hydrogens is 356 g/mol. The zero-order chi connectivity index (χ0) is 19.9. The van der Waals surface area contributed by atoms with Crippen LogP contribution in [0.2, 0.25) is 0 Å². The Morgan fingerprint density at radius 3 is 2.11 bits per heavy atom. The fraction of sp³-hybridized carbons (Fsp3) is 0.625. The number of nitriles is 1. The number of halogens is 2. The summed E-state index contributed by atoms with van der Waals surface area (Å²) in [5.74, 6) is 0.842. The molecule has 1 aromatic rings. The summed E-state index contributed by atoms with van der Waals surface area (Å²) in [7, 11) is 0. The fourth-order valence-electron chi connectivity index (χ4n) is 5.08. The van der Waals surface area contributed by atoms with Crippen LogP contribution >= 0.6 is 0 Å². The van der Waals surface area contributed by atoms with E-state index in [1.54, 1.807) is 6.07 Å². The molecule has 0 N–H and O–H groups in total. The lowest BCUT2D eigenvalue weighted by Gasteiger charge is -2.37. The SMILES string of the molecule is C/C=C/OC1CCC(C2CCC(CCc3cc(F)c(C#N)c(F)c3)CC2)CC1. The summed E-state index contributed by atoms with van der Waals surface area (Å²) in [5, 5.41) is 8.77. The second-order valence-electron chi connectivity index (χ2n) is 8.51. The monoisotopic (exact) mass is 387 g/mol. The Morgan fingerprint density at radius 1 is 1.00 bits per heavy atom. The van der Waals surface area contributed by atoms with E-state index in [-0.39, 0.29) is 0 Å². The number of aryl methyl sites for hydroxylation is 1. The van der Waals surface area contributed by atoms with Crippen molar-refractivity contribution in [3.8, 4) is 6.07 Å². The van der Waals surface area contributed by atoms with E-state index < -0.39 is 17.2 Å². The average Bonchev–Trinajstić information content (AvgIpc) is 2.71. The number of rotatable bonds is 6. The van der Waals surface area contributed by atoms with Crippen molar-refractivity contribution in [3.05, 3.63) is 47.2 Å². The van der Waals surface area contributed by atoms with Gasteiger partial charge in [-0.25, -0.2) is 8.78 Å². The second kappa shape index (κ2) is 10.0. The fourth-order valence-corrected chi connectivity index (χ4v) is 5.08. The van der Waals surface area contributed by atoms with Crippen molar-refractivity contribution in [2.75, 3.05) is 0 Å². The predicted molar refractivity (Wildman–Crippen MR) is 106 cm³/mol. The van der Waals surface area contributed by atoms with Crippen LogP contribution in [0.15, 0.2) is 24.5 Å². The summed E-state index contributed by atoms with van der Waals surface area (Å²) < 4.78 is 33.2. The summed E-state index contributed by atoms with van der Waals surface area (Å²) in [5.41, 5.74) is 0.186. The van der Waals surface area contributed by atoms with Gasteiger partial charge in [0.05, 0.1) is 12.4 Å². The smallest absolute Gasteiger partial charge is 0.144 e. The van der Waals surface area contributed by atoms with Crippen LogP contribution in [0.5, 0.6) is 0 Å². The Kier molecular flexibility index (Phi) is 7.48. The highest BCUT2D eigenvalue weighted by molar-refractivity contribution is 5.35. The van der Waals surface area contributed by atoms with E-state index in [0.29, 0.717) is 24.0 Å². The first-order chi connectivity index (χ1) is 13.6. The molecule has 2 aliphatic rings. The van der Waals surface area contributed by atoms with E-state index in [9.17, 15) is 8.78 Å². The van der Waals surface area contributed by atoms with Crippen molar-refractivity contribution < 1.29 is 13.5 Å². The zero-order valence-corrected chi connectivity index (χ0v) is 16.8. The molecule has 0 unspecified atom stereocenters. The first-order valence-electron chi connectivity index (χ1n) is 10.7. The number of allylic oxidation sites excluding steroid dienone is 1. The van der Waals surface area contributed by atoms with Gasteiger partial charge >= 0.3 is 0 Å². The molecule has 0 saturated heterocycles. The van der Waals surface area contributed by atoms with Crippen LogP contribution in [0, 0.1) is 40.7 Å². The first-order valence-corrected chi connectivity index (χ1v) is 10.7. The molecule has 0 amide bonds. The number of benzene rings is 1. The number of ether oxygens (including phenoxy) is 1. The zero-order valence-electron chi connectivity index (χ0n) is 16.8. The van der Waals surface area contributed by atoms with Crippen LogP contribution in [0.4, 0.5) is 8.78 Å². The van der Waals surface area contributed by atoms with Gasteiger partial charge in [-0.05, 0) is 93.7 Å². The normalized spacial score (nSPS) is 28.2. The molecule has 0 spiro atoms. The van der Waals surface area contributed by atoms with Gasteiger partial charge in [0.15, 0.2) is 0 Å². The third-order valence-corrected chi connectivity index (χ3v) is 6.74. The van der Waals surface area contributed by atoms with E-state index in [0.717, 1.165) is 18.3 Å². The van der Waals surface area contributed by atoms with Crippen LogP contribution in [-0.4, -0.2) is 6.10 Å². The molecule has 0 aromatic heterocycles. The van der Waals surface area contributed by atoms with Gasteiger partial charge in [0, 0.05) is 0 Å². The molecule has 152 valence electrons. The highest BCUT2D eigenvalue weighted by Gasteiger charge is 2.31. The number of hydrogen-bond acceptors (Lipinski definition) is 2. The number of hydrogen-bond donors (Lipinski definition) is 0. The lowest BCUT2D eigenvalue weighted by molar-refractivity contribution is 0.0630. The van der Waals surface area contributed by atoms with Crippen molar-refractivity contribution in [1.82, 2.24) is 0 Å². The van der Waals surface area contributed by atoms with E-state index in [1.165, 1.54) is 63.5 Å². The molecule has 28 heavy (non-hydrogen) atoms. The topological polar surface area (TPSA) is 33.0 Å². The Labute approximate surface area is 167 Å². The molecule has 0 atom stereocenters. The van der Waals surface area contributed by atoms with Gasteiger partial charge in [0.2, 0.25) is 0 Å². The summed E-state index contributed by atoms with van der Waals surface area (Å²) in [6, 6.07) is 4.23. The summed E-state index contributed by atoms with van der Waals surface area (Å²) in [4.78, 5) is 0. The maximum atomic E-state index is 13.8. The van der Waals surface area contributed by atoms with Gasteiger partial charge in [-0.3, -0.25) is 0 Å². The molecule has 2 saturated carbocycles. The van der Waals surface area contributed by atoms with Gasteiger partial charge in [-0.2, -0.15) is 5.26 Å². The van der Waals surface area contributed by atoms with Gasteiger partial charge in [0.25, 0.3) is 0 Å². The summed E-state index contributed by atoms with van der Waals surface area (Å²) in [6.07, 6.45) is 15.7. The largest absolute Gasteiger partial charge is 0.498 e. The van der Waals surface area contributed by atoms with Gasteiger partial charge in [-0.1, -0.05) is 18.9 Å². The molecule has 2 aliphatic carbocycles. The van der Waals surface area contributed by atoms with E-state index in [1.807, 2.05) is 19.3 Å². The summed E-state index contributed by atoms with van der Waals surface area (Å²) in [6.45, 7) is 1.98. The quantitative estimate of drug-likeness (QED) is 0.510. The molecule has 0 bridgehead atoms. The molecule has 4 heteroatoms. The third kappa shape index (κ3) is 5.34. The summed E-state index contributed by atoms with van der Waals surface area (Å²) >= 11 is 0. The molecule has 0 aliphatic heterocycles. The van der Waals surface area contributed by atoms with Crippen molar-refractivity contribution in [2.45, 2.75) is 77.2 Å². The van der Waals surface area contributed by atoms with E-state index >= 15 is 0 Å². The van der Waals surface area contributed by atoms with Crippen molar-refractivity contribution in [2.24, 2.45) is 17.8 Å². The van der Waals surface area contributed by atoms with Crippen molar-refractivity contribution in [1.29, 1.82) is 5.26 Å². The molecule has 0 radical (unpaired) electrons. The van der Waals surface area contributed by atoms with E-state index in [2.05, 4.69) is 0 Å². The molecule has 2 fully saturated rings. The van der Waals surface area contributed by atoms with Crippen molar-refractivity contribution in [3.63, 3.8) is 0 Å². The van der Waals surface area contributed by atoms with Crippen LogP contribution in [0.3, 0.4) is 0 Å². The molecule has 1 aromatic carbocycles. The molecule has 0 heterocycles. The maximum Gasteiger partial charge on any atom is 0.144 e. The lowest BCUT2D eigenvalue weighted by Crippen LogP contribution is -2.28. The lowest BCUT2D eigenvalue weighted by atomic mass is 9.70. The third-order valence-electron chi connectivity index (χ3n) is 6.74. The van der Waals surface area contributed by atoms with Crippen LogP contribution in [-0.2, 0) is 11.2 Å². The molecule has 3 rings (SSSR count). The van der Waals surface area contributed by atoms with Gasteiger partial charge in [-0.15, -0.1) is 0 Å². The second-order valence-corrected chi connectivity index (χ2v) is 8.51. The Hall–Kier alpha value is -1.89. The Bertz CT molecular complexity index is 685. The minimum absolute atomic E-state index is 0.400. The molecule has 2 nitrogen and oxygen atoms in total. The van der Waals surface area contributed by atoms with Gasteiger partial charge < -0.3 is 4.74 Å². The minimum atomic E-state index is -0.741. The minimum Gasteiger partial charge on any atom is -0.498 e. The Balaban J connectivity index is 1.41. The standard InChI is InChI=1S/C24H31F2NO/c1-2-13-28-21-11-9-20(10-12-21)19-7-5-17(6-8-19)3-4-18-14-23(25)22(16-27)24(26)15-18/h2,13-15,17,19-21H,3-12H2,1H3/b13-2+. The van der Waals surface area contributed by atoms with Gasteiger partial charge in [0.1, 0.15) is 23.3 Å². The average molecular weight is 388 g/mol. The molecular formula is C24H31F2NO. The highest BCUT2D eigenvalue weighted by atomic mass is 19.1.